The monoisotopic (exact) mass is 952 g/mol. The van der Waals surface area contributed by atoms with Crippen molar-refractivity contribution in [3.05, 3.63) is 209 Å². The van der Waals surface area contributed by atoms with Gasteiger partial charge >= 0.3 is 6.85 Å². The first-order valence-corrected chi connectivity index (χ1v) is 26.6. The predicted octanol–water partition coefficient (Wildman–Crippen LogP) is 18.2. The Labute approximate surface area is 435 Å². The molecule has 9 aromatic rings. The van der Waals surface area contributed by atoms with Crippen LogP contribution in [0.5, 0.6) is 0 Å². The van der Waals surface area contributed by atoms with Gasteiger partial charge in [0.05, 0.1) is 5.69 Å². The predicted molar refractivity (Wildman–Crippen MR) is 316 cm³/mol. The van der Waals surface area contributed by atoms with Crippen LogP contribution in [0.4, 0.5) is 28.4 Å². The highest BCUT2D eigenvalue weighted by Gasteiger charge is 2.53. The van der Waals surface area contributed by atoms with Crippen LogP contribution >= 0.6 is 0 Å². The van der Waals surface area contributed by atoms with Gasteiger partial charge in [-0.2, -0.15) is 0 Å². The lowest BCUT2D eigenvalue weighted by Gasteiger charge is -2.44. The lowest BCUT2D eigenvalue weighted by molar-refractivity contribution is 0.589. The smallest absolute Gasteiger partial charge is 0.329 e. The normalized spacial score (nSPS) is 15.0. The van der Waals surface area contributed by atoms with Crippen molar-refractivity contribution >= 4 is 68.3 Å². The molecule has 0 saturated heterocycles. The van der Waals surface area contributed by atoms with Crippen LogP contribution < -0.4 is 15.3 Å². The Balaban J connectivity index is 1.23. The second kappa shape index (κ2) is 16.0. The molecule has 364 valence electrons. The van der Waals surface area contributed by atoms with Crippen LogP contribution in [0.15, 0.2) is 175 Å². The molecule has 0 unspecified atom stereocenters. The molecule has 3 heterocycles. The topological polar surface area (TPSA) is 11.4 Å². The Bertz CT molecular complexity index is 3670. The van der Waals surface area contributed by atoms with Crippen LogP contribution in [0.2, 0.25) is 0 Å². The van der Waals surface area contributed by atoms with E-state index in [0.29, 0.717) is 0 Å². The average molecular weight is 952 g/mol. The average Bonchev–Trinajstić information content (AvgIpc) is 3.81. The molecule has 0 N–H and O–H groups in total. The van der Waals surface area contributed by atoms with Crippen molar-refractivity contribution in [3.63, 3.8) is 0 Å². The van der Waals surface area contributed by atoms with E-state index in [-0.39, 0.29) is 33.9 Å². The van der Waals surface area contributed by atoms with Crippen LogP contribution in [0, 0.1) is 0 Å². The molecule has 2 aliphatic heterocycles. The van der Waals surface area contributed by atoms with Crippen molar-refractivity contribution < 1.29 is 0 Å². The summed E-state index contributed by atoms with van der Waals surface area (Å²) in [4.78, 5) is 5.16. The number of hydrogen-bond donors (Lipinski definition) is 0. The summed E-state index contributed by atoms with van der Waals surface area (Å²) in [6.45, 7) is 33.0. The van der Waals surface area contributed by atoms with E-state index in [1.54, 1.807) is 0 Å². The first kappa shape index (κ1) is 47.0. The maximum Gasteiger partial charge on any atom is 0.329 e. The molecular weight excluding hydrogens is 882 g/mol. The summed E-state index contributed by atoms with van der Waals surface area (Å²) in [6.07, 6.45) is 0. The molecule has 0 amide bonds. The number of para-hydroxylation sites is 2. The van der Waals surface area contributed by atoms with Gasteiger partial charge in [0.15, 0.2) is 0 Å². The van der Waals surface area contributed by atoms with Crippen LogP contribution in [-0.4, -0.2) is 11.3 Å². The van der Waals surface area contributed by atoms with E-state index < -0.39 is 0 Å². The van der Waals surface area contributed by atoms with Gasteiger partial charge in [0.2, 0.25) is 0 Å². The minimum absolute atomic E-state index is 0.0193. The summed E-state index contributed by atoms with van der Waals surface area (Å²) >= 11 is 0. The Morgan fingerprint density at radius 2 is 1.00 bits per heavy atom. The van der Waals surface area contributed by atoms with E-state index in [1.807, 2.05) is 0 Å². The first-order valence-electron chi connectivity index (χ1n) is 26.6. The van der Waals surface area contributed by atoms with Crippen LogP contribution in [0.25, 0.3) is 49.8 Å². The minimum Gasteiger partial charge on any atom is -0.375 e. The van der Waals surface area contributed by atoms with E-state index in [9.17, 15) is 0 Å². The number of rotatable bonds is 5. The van der Waals surface area contributed by atoms with Gasteiger partial charge in [-0.1, -0.05) is 194 Å². The zero-order valence-corrected chi connectivity index (χ0v) is 45.6. The number of allylic oxidation sites excluding steroid dienone is 1. The molecule has 12 rings (SSSR count). The van der Waals surface area contributed by atoms with Crippen molar-refractivity contribution in [2.24, 2.45) is 0 Å². The fraction of sp³-hybridized carbons (Fsp3) is 0.275. The molecule has 3 aliphatic rings. The van der Waals surface area contributed by atoms with Gasteiger partial charge in [0.1, 0.15) is 0 Å². The Morgan fingerprint density at radius 3 is 1.58 bits per heavy atom. The van der Waals surface area contributed by atoms with Crippen molar-refractivity contribution in [1.29, 1.82) is 0 Å². The van der Waals surface area contributed by atoms with Crippen LogP contribution in [0.1, 0.15) is 130 Å². The van der Waals surface area contributed by atoms with Crippen molar-refractivity contribution in [1.82, 2.24) is 4.48 Å². The SMILES string of the molecule is CC(C)(C)c1ccc(-c2ccc3c(c2)C2=C(B4c5c(cc(C(C)(C)C)cc5N2c2ccc(C(C)(C)C)cc2)-c2cc(C(C)(C)C)cc5c6c(N(c7ccccc7)c7ccccc7)cccc6n4c25)C3(C)C)cc1. The molecule has 1 aliphatic carbocycles. The Kier molecular flexibility index (Phi) is 10.3. The van der Waals surface area contributed by atoms with Gasteiger partial charge in [-0.15, -0.1) is 0 Å². The molecule has 0 spiro atoms. The molecule has 1 aromatic heterocycles. The van der Waals surface area contributed by atoms with Gasteiger partial charge in [-0.25, -0.2) is 0 Å². The second-order valence-corrected chi connectivity index (χ2v) is 25.9. The van der Waals surface area contributed by atoms with Gasteiger partial charge in [-0.05, 0) is 150 Å². The standard InChI is InChI=1S/C69H70BN3/c1-65(2,3)45-31-28-43(29-32-45)44-30-37-56-54(38-44)63-64(69(56,13)14)70-61-52(39-48(68(10,11)12)42-59(61)72(63)51-35-33-46(34-36-51)66(4,5)6)53-40-47(67(7,8)9)41-55-60-57(26-21-27-58(60)73(70)62(53)55)71(49-22-17-15-18-23-49)50-24-19-16-20-25-50/h15-42H,1-14H3. The summed E-state index contributed by atoms with van der Waals surface area (Å²) in [6, 6.07) is 65.4. The molecule has 0 radical (unpaired) electrons. The lowest BCUT2D eigenvalue weighted by atomic mass is 9.40. The van der Waals surface area contributed by atoms with E-state index in [0.717, 1.165) is 11.4 Å². The molecule has 73 heavy (non-hydrogen) atoms. The van der Waals surface area contributed by atoms with Crippen molar-refractivity contribution in [3.8, 4) is 22.3 Å². The highest BCUT2D eigenvalue weighted by atomic mass is 15.2. The van der Waals surface area contributed by atoms with Crippen LogP contribution in [-0.2, 0) is 27.1 Å². The number of fused-ring (bicyclic) bond motifs is 8. The third-order valence-corrected chi connectivity index (χ3v) is 16.6. The van der Waals surface area contributed by atoms with Crippen molar-refractivity contribution in [2.75, 3.05) is 9.80 Å². The van der Waals surface area contributed by atoms with Crippen LogP contribution in [0.3, 0.4) is 0 Å². The molecule has 0 atom stereocenters. The summed E-state index contributed by atoms with van der Waals surface area (Å²) in [5.74, 6) is 0. The molecule has 0 saturated carbocycles. The van der Waals surface area contributed by atoms with E-state index in [1.165, 1.54) is 111 Å². The third-order valence-electron chi connectivity index (χ3n) is 16.6. The summed E-state index contributed by atoms with van der Waals surface area (Å²) < 4.78 is 2.79. The highest BCUT2D eigenvalue weighted by Crippen LogP contribution is 2.58. The summed E-state index contributed by atoms with van der Waals surface area (Å²) in [5, 5.41) is 2.58. The molecule has 0 bridgehead atoms. The Hall–Kier alpha value is -7.04. The maximum atomic E-state index is 2.79. The number of anilines is 5. The summed E-state index contributed by atoms with van der Waals surface area (Å²) in [7, 11) is 0. The maximum absolute atomic E-state index is 2.79. The number of benzene rings is 8. The summed E-state index contributed by atoms with van der Waals surface area (Å²) in [5.41, 5.74) is 25.3. The molecule has 8 aromatic carbocycles. The van der Waals surface area contributed by atoms with Gasteiger partial charge in [0.25, 0.3) is 0 Å². The molecular formula is C69H70BN3. The second-order valence-electron chi connectivity index (χ2n) is 25.9. The zero-order chi connectivity index (χ0) is 51.3. The van der Waals surface area contributed by atoms with Gasteiger partial charge in [-0.3, -0.25) is 0 Å². The zero-order valence-electron chi connectivity index (χ0n) is 45.6. The first-order chi connectivity index (χ1) is 34.5. The largest absolute Gasteiger partial charge is 0.375 e. The quantitative estimate of drug-likeness (QED) is 0.159. The fourth-order valence-electron chi connectivity index (χ4n) is 12.5. The van der Waals surface area contributed by atoms with E-state index in [4.69, 9.17) is 0 Å². The van der Waals surface area contributed by atoms with Crippen molar-refractivity contribution in [2.45, 2.75) is 124 Å². The lowest BCUT2D eigenvalue weighted by Crippen LogP contribution is -2.52. The minimum atomic E-state index is -0.339. The van der Waals surface area contributed by atoms with E-state index >= 15 is 0 Å². The molecule has 3 nitrogen and oxygen atoms in total. The number of aromatic nitrogens is 1. The van der Waals surface area contributed by atoms with Gasteiger partial charge < -0.3 is 14.3 Å². The van der Waals surface area contributed by atoms with E-state index in [2.05, 4.69) is 281 Å². The third kappa shape index (κ3) is 7.29. The van der Waals surface area contributed by atoms with Gasteiger partial charge in [0, 0.05) is 66.8 Å². The molecule has 4 heteroatoms. The highest BCUT2D eigenvalue weighted by molar-refractivity contribution is 6.85. The fourth-order valence-corrected chi connectivity index (χ4v) is 12.5. The number of hydrogen-bond acceptors (Lipinski definition) is 2. The number of nitrogens with zero attached hydrogens (tertiary/aromatic N) is 3. The Morgan fingerprint density at radius 1 is 0.466 bits per heavy atom. The molecule has 0 fully saturated rings.